The molecule has 1 unspecified atom stereocenters. The monoisotopic (exact) mass is 228 g/mol. The van der Waals surface area contributed by atoms with Crippen LogP contribution in [0.4, 0.5) is 4.39 Å². The van der Waals surface area contributed by atoms with Gasteiger partial charge in [0.2, 0.25) is 0 Å². The Labute approximate surface area is 93.9 Å². The summed E-state index contributed by atoms with van der Waals surface area (Å²) in [6, 6.07) is 4.29. The first-order valence-electron chi connectivity index (χ1n) is 4.60. The average Bonchev–Trinajstić information content (AvgIpc) is 2.16. The third kappa shape index (κ3) is 3.30. The number of rotatable bonds is 4. The van der Waals surface area contributed by atoms with E-state index in [1.54, 1.807) is 6.07 Å². The van der Waals surface area contributed by atoms with Gasteiger partial charge in [-0.1, -0.05) is 29.8 Å². The second kappa shape index (κ2) is 5.26. The van der Waals surface area contributed by atoms with Gasteiger partial charge in [0.25, 0.3) is 0 Å². The summed E-state index contributed by atoms with van der Waals surface area (Å²) in [5.74, 6) is 5.04. The summed E-state index contributed by atoms with van der Waals surface area (Å²) in [5, 5.41) is 0.413. The predicted octanol–water partition coefficient (Wildman–Crippen LogP) is 2.43. The molecule has 0 heterocycles. The SMILES string of the molecule is C=C(C)C(Cc1ccc(F)cc1Cl)NN. The zero-order valence-corrected chi connectivity index (χ0v) is 9.31. The van der Waals surface area contributed by atoms with Gasteiger partial charge in [0.15, 0.2) is 0 Å². The van der Waals surface area contributed by atoms with Gasteiger partial charge < -0.3 is 0 Å². The summed E-state index contributed by atoms with van der Waals surface area (Å²) in [6.45, 7) is 5.69. The number of hydrazine groups is 1. The molecule has 2 nitrogen and oxygen atoms in total. The Morgan fingerprint density at radius 1 is 1.67 bits per heavy atom. The molecular formula is C11H14ClFN2. The fourth-order valence-electron chi connectivity index (χ4n) is 1.28. The third-order valence-electron chi connectivity index (χ3n) is 2.24. The van der Waals surface area contributed by atoms with Crippen LogP contribution in [0.25, 0.3) is 0 Å². The fraction of sp³-hybridized carbons (Fsp3) is 0.273. The molecule has 82 valence electrons. The molecule has 0 fully saturated rings. The van der Waals surface area contributed by atoms with Crippen molar-refractivity contribution >= 4 is 11.6 Å². The second-order valence-electron chi connectivity index (χ2n) is 3.51. The Balaban J connectivity index is 2.84. The molecule has 0 spiro atoms. The van der Waals surface area contributed by atoms with Gasteiger partial charge in [0.1, 0.15) is 5.82 Å². The van der Waals surface area contributed by atoms with Crippen molar-refractivity contribution in [3.63, 3.8) is 0 Å². The van der Waals surface area contributed by atoms with Crippen LogP contribution in [-0.2, 0) is 6.42 Å². The topological polar surface area (TPSA) is 38.0 Å². The molecule has 0 bridgehead atoms. The van der Waals surface area contributed by atoms with Gasteiger partial charge in [0.05, 0.1) is 0 Å². The molecule has 15 heavy (non-hydrogen) atoms. The molecule has 0 radical (unpaired) electrons. The highest BCUT2D eigenvalue weighted by Crippen LogP contribution is 2.19. The van der Waals surface area contributed by atoms with Gasteiger partial charge in [-0.05, 0) is 31.0 Å². The van der Waals surface area contributed by atoms with Crippen LogP contribution in [0.1, 0.15) is 12.5 Å². The van der Waals surface area contributed by atoms with Gasteiger partial charge in [-0.15, -0.1) is 0 Å². The van der Waals surface area contributed by atoms with Gasteiger partial charge in [-0.25, -0.2) is 4.39 Å². The van der Waals surface area contributed by atoms with E-state index in [0.29, 0.717) is 11.4 Å². The van der Waals surface area contributed by atoms with Crippen LogP contribution in [0, 0.1) is 5.82 Å². The average molecular weight is 229 g/mol. The van der Waals surface area contributed by atoms with Gasteiger partial charge in [-0.3, -0.25) is 11.3 Å². The van der Waals surface area contributed by atoms with E-state index in [2.05, 4.69) is 12.0 Å². The fourth-order valence-corrected chi connectivity index (χ4v) is 1.53. The van der Waals surface area contributed by atoms with Crippen molar-refractivity contribution in [2.24, 2.45) is 5.84 Å². The zero-order valence-electron chi connectivity index (χ0n) is 8.56. The van der Waals surface area contributed by atoms with E-state index in [-0.39, 0.29) is 11.9 Å². The van der Waals surface area contributed by atoms with E-state index in [0.717, 1.165) is 11.1 Å². The molecule has 1 rings (SSSR count). The summed E-state index contributed by atoms with van der Waals surface area (Å²) in [4.78, 5) is 0. The molecule has 4 heteroatoms. The minimum Gasteiger partial charge on any atom is -0.271 e. The Bertz CT molecular complexity index is 366. The second-order valence-corrected chi connectivity index (χ2v) is 3.91. The first kappa shape index (κ1) is 12.2. The lowest BCUT2D eigenvalue weighted by molar-refractivity contribution is 0.588. The van der Waals surface area contributed by atoms with Crippen molar-refractivity contribution in [1.29, 1.82) is 0 Å². The molecule has 3 N–H and O–H groups in total. The van der Waals surface area contributed by atoms with Crippen LogP contribution in [0.2, 0.25) is 5.02 Å². The van der Waals surface area contributed by atoms with Crippen molar-refractivity contribution in [3.8, 4) is 0 Å². The minimum atomic E-state index is -0.337. The van der Waals surface area contributed by atoms with E-state index in [9.17, 15) is 4.39 Å². The Kier molecular flexibility index (Phi) is 4.27. The van der Waals surface area contributed by atoms with E-state index < -0.39 is 0 Å². The Morgan fingerprint density at radius 2 is 2.33 bits per heavy atom. The molecule has 0 aliphatic heterocycles. The quantitative estimate of drug-likeness (QED) is 0.472. The molecule has 1 atom stereocenters. The maximum Gasteiger partial charge on any atom is 0.124 e. The third-order valence-corrected chi connectivity index (χ3v) is 2.59. The number of nitrogens with two attached hydrogens (primary N) is 1. The molecule has 1 aromatic carbocycles. The number of nitrogens with one attached hydrogen (secondary N) is 1. The standard InChI is InChI=1S/C11H14ClFN2/c1-7(2)11(15-14)5-8-3-4-9(13)6-10(8)12/h3-4,6,11,15H,1,5,14H2,2H3. The molecule has 0 aliphatic carbocycles. The lowest BCUT2D eigenvalue weighted by Crippen LogP contribution is -2.37. The summed E-state index contributed by atoms with van der Waals surface area (Å²) in [7, 11) is 0. The number of halogens is 2. The predicted molar refractivity (Wildman–Crippen MR) is 61.0 cm³/mol. The van der Waals surface area contributed by atoms with E-state index in [1.165, 1.54) is 12.1 Å². The molecule has 0 aromatic heterocycles. The van der Waals surface area contributed by atoms with E-state index in [1.807, 2.05) is 6.92 Å². The molecule has 0 amide bonds. The zero-order chi connectivity index (χ0) is 11.4. The lowest BCUT2D eigenvalue weighted by Gasteiger charge is -2.16. The van der Waals surface area contributed by atoms with Crippen LogP contribution in [0.3, 0.4) is 0 Å². The van der Waals surface area contributed by atoms with Crippen LogP contribution < -0.4 is 11.3 Å². The maximum atomic E-state index is 12.8. The Morgan fingerprint density at radius 3 is 2.80 bits per heavy atom. The van der Waals surface area contributed by atoms with Crippen LogP contribution in [0.15, 0.2) is 30.4 Å². The van der Waals surface area contributed by atoms with Crippen LogP contribution in [0.5, 0.6) is 0 Å². The van der Waals surface area contributed by atoms with Crippen molar-refractivity contribution in [2.45, 2.75) is 19.4 Å². The largest absolute Gasteiger partial charge is 0.271 e. The molecule has 0 aliphatic rings. The number of hydrogen-bond donors (Lipinski definition) is 2. The first-order valence-corrected chi connectivity index (χ1v) is 4.98. The minimum absolute atomic E-state index is 0.0482. The number of hydrogen-bond acceptors (Lipinski definition) is 2. The highest BCUT2D eigenvalue weighted by atomic mass is 35.5. The lowest BCUT2D eigenvalue weighted by atomic mass is 10.0. The van der Waals surface area contributed by atoms with Crippen molar-refractivity contribution < 1.29 is 4.39 Å². The highest BCUT2D eigenvalue weighted by molar-refractivity contribution is 6.31. The first-order chi connectivity index (χ1) is 7.04. The Hall–Kier alpha value is -0.900. The van der Waals surface area contributed by atoms with Gasteiger partial charge in [-0.2, -0.15) is 0 Å². The van der Waals surface area contributed by atoms with Crippen molar-refractivity contribution in [1.82, 2.24) is 5.43 Å². The smallest absolute Gasteiger partial charge is 0.124 e. The highest BCUT2D eigenvalue weighted by Gasteiger charge is 2.10. The van der Waals surface area contributed by atoms with E-state index in [4.69, 9.17) is 17.4 Å². The van der Waals surface area contributed by atoms with Gasteiger partial charge in [0, 0.05) is 11.1 Å². The summed E-state index contributed by atoms with van der Waals surface area (Å²) < 4.78 is 12.8. The van der Waals surface area contributed by atoms with Gasteiger partial charge >= 0.3 is 0 Å². The van der Waals surface area contributed by atoms with E-state index >= 15 is 0 Å². The molecule has 0 saturated heterocycles. The van der Waals surface area contributed by atoms with Crippen molar-refractivity contribution in [2.75, 3.05) is 0 Å². The number of benzene rings is 1. The van der Waals surface area contributed by atoms with Crippen molar-refractivity contribution in [3.05, 3.63) is 46.8 Å². The van der Waals surface area contributed by atoms with Crippen LogP contribution >= 0.6 is 11.6 Å². The normalized spacial score (nSPS) is 12.5. The summed E-state index contributed by atoms with van der Waals surface area (Å²) in [5.41, 5.74) is 4.41. The summed E-state index contributed by atoms with van der Waals surface area (Å²) in [6.07, 6.45) is 0.602. The molecule has 1 aromatic rings. The van der Waals surface area contributed by atoms with Crippen LogP contribution in [-0.4, -0.2) is 6.04 Å². The molecular weight excluding hydrogens is 215 g/mol. The maximum absolute atomic E-state index is 12.8. The molecule has 0 saturated carbocycles. The summed E-state index contributed by atoms with van der Waals surface area (Å²) >= 11 is 5.90.